The van der Waals surface area contributed by atoms with Gasteiger partial charge in [-0.1, -0.05) is 29.3 Å². The molecule has 7 heteroatoms. The SMILES string of the molecule is CC(COc1ccc(NC(=O)Cc2ccc(Cl)c(Cl)c2)cc1)C(=O)O. The summed E-state index contributed by atoms with van der Waals surface area (Å²) >= 11 is 11.8. The van der Waals surface area contributed by atoms with E-state index in [0.717, 1.165) is 5.56 Å². The molecular formula is C18H17Cl2NO4. The number of carbonyl (C=O) groups excluding carboxylic acids is 1. The molecule has 0 fully saturated rings. The maximum absolute atomic E-state index is 12.1. The van der Waals surface area contributed by atoms with Gasteiger partial charge in [0.1, 0.15) is 12.4 Å². The molecule has 0 aliphatic rings. The minimum atomic E-state index is -0.911. The Morgan fingerprint density at radius 1 is 1.12 bits per heavy atom. The second-order valence-electron chi connectivity index (χ2n) is 5.55. The van der Waals surface area contributed by atoms with Crippen molar-refractivity contribution in [1.82, 2.24) is 0 Å². The van der Waals surface area contributed by atoms with Gasteiger partial charge in [0.2, 0.25) is 5.91 Å². The summed E-state index contributed by atoms with van der Waals surface area (Å²) in [6, 6.07) is 11.8. The number of hydrogen-bond acceptors (Lipinski definition) is 3. The van der Waals surface area contributed by atoms with Crippen molar-refractivity contribution in [2.24, 2.45) is 5.92 Å². The number of carbonyl (C=O) groups is 2. The maximum atomic E-state index is 12.1. The second kappa shape index (κ2) is 8.74. The van der Waals surface area contributed by atoms with Crippen molar-refractivity contribution in [3.05, 3.63) is 58.1 Å². The zero-order valence-electron chi connectivity index (χ0n) is 13.5. The molecule has 25 heavy (non-hydrogen) atoms. The highest BCUT2D eigenvalue weighted by atomic mass is 35.5. The first-order valence-electron chi connectivity index (χ1n) is 7.54. The molecule has 0 saturated heterocycles. The van der Waals surface area contributed by atoms with E-state index in [0.29, 0.717) is 21.5 Å². The number of nitrogens with one attached hydrogen (secondary N) is 1. The van der Waals surface area contributed by atoms with E-state index >= 15 is 0 Å². The van der Waals surface area contributed by atoms with Crippen molar-refractivity contribution in [1.29, 1.82) is 0 Å². The summed E-state index contributed by atoms with van der Waals surface area (Å²) in [6.07, 6.45) is 0.172. The highest BCUT2D eigenvalue weighted by molar-refractivity contribution is 6.42. The van der Waals surface area contributed by atoms with Crippen LogP contribution < -0.4 is 10.1 Å². The predicted molar refractivity (Wildman–Crippen MR) is 97.5 cm³/mol. The number of hydrogen-bond donors (Lipinski definition) is 2. The molecule has 0 aliphatic heterocycles. The van der Waals surface area contributed by atoms with Crippen LogP contribution in [0.4, 0.5) is 5.69 Å². The highest BCUT2D eigenvalue weighted by Gasteiger charge is 2.11. The number of halogens is 2. The number of aliphatic carboxylic acids is 1. The Morgan fingerprint density at radius 2 is 1.80 bits per heavy atom. The fraction of sp³-hybridized carbons (Fsp3) is 0.222. The van der Waals surface area contributed by atoms with Crippen LogP contribution in [0.5, 0.6) is 5.75 Å². The lowest BCUT2D eigenvalue weighted by Crippen LogP contribution is -2.18. The van der Waals surface area contributed by atoms with Crippen molar-refractivity contribution in [3.8, 4) is 5.75 Å². The Labute approximate surface area is 155 Å². The molecule has 5 nitrogen and oxygen atoms in total. The van der Waals surface area contributed by atoms with E-state index in [1.807, 2.05) is 0 Å². The average molecular weight is 382 g/mol. The molecule has 2 rings (SSSR count). The van der Waals surface area contributed by atoms with Crippen molar-refractivity contribution >= 4 is 40.8 Å². The van der Waals surface area contributed by atoms with E-state index in [1.54, 1.807) is 49.4 Å². The van der Waals surface area contributed by atoms with Gasteiger partial charge in [-0.25, -0.2) is 0 Å². The third-order valence-corrected chi connectivity index (χ3v) is 4.15. The molecule has 0 saturated carbocycles. The summed E-state index contributed by atoms with van der Waals surface area (Å²) in [4.78, 5) is 22.8. The fourth-order valence-corrected chi connectivity index (χ4v) is 2.29. The van der Waals surface area contributed by atoms with E-state index < -0.39 is 11.9 Å². The molecule has 0 heterocycles. The van der Waals surface area contributed by atoms with Gasteiger partial charge in [0.25, 0.3) is 0 Å². The standard InChI is InChI=1S/C18H17Cl2NO4/c1-11(18(23)24)10-25-14-5-3-13(4-6-14)21-17(22)9-12-2-7-15(19)16(20)8-12/h2-8,11H,9-10H2,1H3,(H,21,22)(H,23,24). The molecular weight excluding hydrogens is 365 g/mol. The predicted octanol–water partition coefficient (Wildman–Crippen LogP) is 4.27. The summed E-state index contributed by atoms with van der Waals surface area (Å²) in [5.74, 6) is -1.15. The zero-order valence-corrected chi connectivity index (χ0v) is 15.0. The molecule has 0 spiro atoms. The van der Waals surface area contributed by atoms with Crippen LogP contribution >= 0.6 is 23.2 Å². The molecule has 1 unspecified atom stereocenters. The molecule has 2 N–H and O–H groups in total. The summed E-state index contributed by atoms with van der Waals surface area (Å²) < 4.78 is 5.39. The van der Waals surface area contributed by atoms with Gasteiger partial charge in [0.15, 0.2) is 0 Å². The van der Waals surface area contributed by atoms with Gasteiger partial charge < -0.3 is 15.2 Å². The van der Waals surface area contributed by atoms with E-state index in [2.05, 4.69) is 5.32 Å². The summed E-state index contributed by atoms with van der Waals surface area (Å²) in [7, 11) is 0. The van der Waals surface area contributed by atoms with Crippen LogP contribution in [0, 0.1) is 5.92 Å². The Morgan fingerprint density at radius 3 is 2.40 bits per heavy atom. The van der Waals surface area contributed by atoms with E-state index in [9.17, 15) is 9.59 Å². The summed E-state index contributed by atoms with van der Waals surface area (Å²) in [5, 5.41) is 12.4. The van der Waals surface area contributed by atoms with Crippen LogP contribution in [0.1, 0.15) is 12.5 Å². The van der Waals surface area contributed by atoms with Gasteiger partial charge in [-0.15, -0.1) is 0 Å². The van der Waals surface area contributed by atoms with Gasteiger partial charge in [-0.3, -0.25) is 9.59 Å². The first-order valence-corrected chi connectivity index (χ1v) is 8.30. The van der Waals surface area contributed by atoms with Crippen LogP contribution in [0.2, 0.25) is 10.0 Å². The lowest BCUT2D eigenvalue weighted by molar-refractivity contribution is -0.142. The lowest BCUT2D eigenvalue weighted by atomic mass is 10.1. The van der Waals surface area contributed by atoms with Crippen molar-refractivity contribution in [2.45, 2.75) is 13.3 Å². The molecule has 2 aromatic rings. The quantitative estimate of drug-likeness (QED) is 0.750. The van der Waals surface area contributed by atoms with Gasteiger partial charge in [-0.2, -0.15) is 0 Å². The first kappa shape index (κ1) is 19.1. The maximum Gasteiger partial charge on any atom is 0.309 e. The lowest BCUT2D eigenvalue weighted by Gasteiger charge is -2.10. The van der Waals surface area contributed by atoms with E-state index in [1.165, 1.54) is 0 Å². The number of amides is 1. The van der Waals surface area contributed by atoms with Crippen molar-refractivity contribution < 1.29 is 19.4 Å². The minimum Gasteiger partial charge on any atom is -0.493 e. The average Bonchev–Trinajstić information content (AvgIpc) is 2.57. The number of carboxylic acids is 1. The smallest absolute Gasteiger partial charge is 0.309 e. The zero-order chi connectivity index (χ0) is 18.4. The molecule has 0 radical (unpaired) electrons. The minimum absolute atomic E-state index is 0.0817. The number of carboxylic acid groups (broad SMARTS) is 1. The molecule has 132 valence electrons. The van der Waals surface area contributed by atoms with Crippen molar-refractivity contribution in [2.75, 3.05) is 11.9 Å². The number of anilines is 1. The Bertz CT molecular complexity index is 762. The molecule has 1 amide bonds. The van der Waals surface area contributed by atoms with Gasteiger partial charge in [0.05, 0.1) is 22.4 Å². The fourth-order valence-electron chi connectivity index (χ4n) is 1.97. The monoisotopic (exact) mass is 381 g/mol. The Balaban J connectivity index is 1.88. The van der Waals surface area contributed by atoms with Crippen LogP contribution in [0.15, 0.2) is 42.5 Å². The third kappa shape index (κ3) is 5.96. The molecule has 0 bridgehead atoms. The molecule has 0 aliphatic carbocycles. The second-order valence-corrected chi connectivity index (χ2v) is 6.36. The van der Waals surface area contributed by atoms with Crippen molar-refractivity contribution in [3.63, 3.8) is 0 Å². The normalized spacial score (nSPS) is 11.6. The third-order valence-electron chi connectivity index (χ3n) is 3.41. The largest absolute Gasteiger partial charge is 0.493 e. The number of ether oxygens (including phenoxy) is 1. The molecule has 2 aromatic carbocycles. The number of rotatable bonds is 7. The molecule has 1 atom stereocenters. The first-order chi connectivity index (χ1) is 11.8. The van der Waals surface area contributed by atoms with Crippen LogP contribution in [0.3, 0.4) is 0 Å². The van der Waals surface area contributed by atoms with Crippen LogP contribution in [0.25, 0.3) is 0 Å². The summed E-state index contributed by atoms with van der Waals surface area (Å²) in [6.45, 7) is 1.65. The topological polar surface area (TPSA) is 75.6 Å². The van der Waals surface area contributed by atoms with Gasteiger partial charge >= 0.3 is 5.97 Å². The van der Waals surface area contributed by atoms with Crippen LogP contribution in [-0.4, -0.2) is 23.6 Å². The van der Waals surface area contributed by atoms with Gasteiger partial charge in [0, 0.05) is 5.69 Å². The highest BCUT2D eigenvalue weighted by Crippen LogP contribution is 2.23. The molecule has 0 aromatic heterocycles. The summed E-state index contributed by atoms with van der Waals surface area (Å²) in [5.41, 5.74) is 1.37. The Kier molecular flexibility index (Phi) is 6.67. The Hall–Kier alpha value is -2.24. The van der Waals surface area contributed by atoms with Gasteiger partial charge in [-0.05, 0) is 48.9 Å². The van der Waals surface area contributed by atoms with Crippen LogP contribution in [-0.2, 0) is 16.0 Å². The van der Waals surface area contributed by atoms with E-state index in [-0.39, 0.29) is 18.9 Å². The van der Waals surface area contributed by atoms with E-state index in [4.69, 9.17) is 33.0 Å². The number of benzene rings is 2.